The summed E-state index contributed by atoms with van der Waals surface area (Å²) < 4.78 is 6.20. The van der Waals surface area contributed by atoms with Gasteiger partial charge in [0.05, 0.1) is 12.8 Å². The van der Waals surface area contributed by atoms with Crippen molar-refractivity contribution in [3.8, 4) is 5.75 Å². The first kappa shape index (κ1) is 20.4. The van der Waals surface area contributed by atoms with Crippen LogP contribution < -0.4 is 20.3 Å². The minimum Gasteiger partial charge on any atom is -0.495 e. The van der Waals surface area contributed by atoms with Crippen molar-refractivity contribution in [2.45, 2.75) is 13.0 Å². The average molecular weight is 492 g/mol. The summed E-state index contributed by atoms with van der Waals surface area (Å²) in [7, 11) is 1.58. The van der Waals surface area contributed by atoms with E-state index in [2.05, 4.69) is 59.6 Å². The normalized spacial score (nSPS) is 12.6. The van der Waals surface area contributed by atoms with Crippen LogP contribution in [0, 0.1) is 0 Å². The molecule has 1 aliphatic heterocycles. The molecule has 162 valence electrons. The summed E-state index contributed by atoms with van der Waals surface area (Å²) in [6, 6.07) is 15.3. The summed E-state index contributed by atoms with van der Waals surface area (Å²) in [6.45, 7) is 1.68. The molecule has 4 aromatic rings. The zero-order valence-electron chi connectivity index (χ0n) is 17.5. The standard InChI is InChI=1S/C24H22BrN5O2/c1-32-22-6-5-16(25)13-20(22)29-24(31)28-19-3-2-4-21-18(19)9-12-30(21)14-15-7-10-26-23-17(15)8-11-27-23/h2-8,10-11,13H,9,12,14H2,1H3,(H,26,27)(H2,28,29,31). The SMILES string of the molecule is COc1ccc(Br)cc1NC(=O)Nc1cccc2c1CCN2Cc1ccnc2[nH]ccc12. The predicted molar refractivity (Wildman–Crippen MR) is 131 cm³/mol. The quantitative estimate of drug-likeness (QED) is 0.342. The molecule has 0 fully saturated rings. The van der Waals surface area contributed by atoms with Gasteiger partial charge < -0.3 is 25.3 Å². The number of nitrogens with zero attached hydrogens (tertiary/aromatic N) is 2. The molecule has 2 aromatic carbocycles. The molecule has 0 spiro atoms. The highest BCUT2D eigenvalue weighted by Gasteiger charge is 2.23. The fraction of sp³-hybridized carbons (Fsp3) is 0.167. The molecule has 0 aliphatic carbocycles. The summed E-state index contributed by atoms with van der Waals surface area (Å²) in [6.07, 6.45) is 4.62. The number of pyridine rings is 1. The van der Waals surface area contributed by atoms with Gasteiger partial charge in [-0.2, -0.15) is 0 Å². The summed E-state index contributed by atoms with van der Waals surface area (Å²) in [5.41, 5.74) is 5.82. The van der Waals surface area contributed by atoms with Gasteiger partial charge in [-0.25, -0.2) is 9.78 Å². The highest BCUT2D eigenvalue weighted by Crippen LogP contribution is 2.35. The predicted octanol–water partition coefficient (Wildman–Crippen LogP) is 5.54. The number of halogens is 1. The molecule has 2 amide bonds. The van der Waals surface area contributed by atoms with Crippen LogP contribution in [0.1, 0.15) is 11.1 Å². The number of fused-ring (bicyclic) bond motifs is 2. The Morgan fingerprint density at radius 2 is 2.06 bits per heavy atom. The van der Waals surface area contributed by atoms with Crippen LogP contribution in [0.3, 0.4) is 0 Å². The van der Waals surface area contributed by atoms with Gasteiger partial charge in [0.2, 0.25) is 0 Å². The topological polar surface area (TPSA) is 82.3 Å². The van der Waals surface area contributed by atoms with Crippen LogP contribution in [0.4, 0.5) is 21.9 Å². The molecule has 5 rings (SSSR count). The molecule has 0 atom stereocenters. The molecule has 1 aliphatic rings. The highest BCUT2D eigenvalue weighted by atomic mass is 79.9. The van der Waals surface area contributed by atoms with Gasteiger partial charge in [0.15, 0.2) is 0 Å². The van der Waals surface area contributed by atoms with Crippen LogP contribution in [-0.4, -0.2) is 29.7 Å². The third-order valence-corrected chi connectivity index (χ3v) is 6.19. The number of H-pyrrole nitrogens is 1. The third-order valence-electron chi connectivity index (χ3n) is 5.69. The first-order valence-electron chi connectivity index (χ1n) is 10.3. The van der Waals surface area contributed by atoms with Gasteiger partial charge in [0.1, 0.15) is 11.4 Å². The molecule has 0 saturated heterocycles. The molecule has 7 nitrogen and oxygen atoms in total. The first-order chi connectivity index (χ1) is 15.6. The van der Waals surface area contributed by atoms with Crippen LogP contribution in [0.2, 0.25) is 0 Å². The lowest BCUT2D eigenvalue weighted by atomic mass is 10.1. The minimum absolute atomic E-state index is 0.309. The largest absolute Gasteiger partial charge is 0.495 e. The maximum atomic E-state index is 12.7. The van der Waals surface area contributed by atoms with Crippen molar-refractivity contribution < 1.29 is 9.53 Å². The van der Waals surface area contributed by atoms with Gasteiger partial charge in [-0.3, -0.25) is 0 Å². The number of ether oxygens (including phenoxy) is 1. The number of hydrogen-bond acceptors (Lipinski definition) is 4. The van der Waals surface area contributed by atoms with E-state index < -0.39 is 0 Å². The Bertz CT molecular complexity index is 1300. The van der Waals surface area contributed by atoms with Crippen molar-refractivity contribution in [1.29, 1.82) is 0 Å². The maximum absolute atomic E-state index is 12.7. The molecule has 32 heavy (non-hydrogen) atoms. The van der Waals surface area contributed by atoms with Crippen LogP contribution >= 0.6 is 15.9 Å². The summed E-state index contributed by atoms with van der Waals surface area (Å²) >= 11 is 3.43. The van der Waals surface area contributed by atoms with E-state index in [4.69, 9.17) is 4.74 Å². The molecule has 0 bridgehead atoms. The van der Waals surface area contributed by atoms with Crippen molar-refractivity contribution in [2.75, 3.05) is 29.2 Å². The van der Waals surface area contributed by atoms with Crippen LogP contribution in [0.25, 0.3) is 11.0 Å². The number of hydrogen-bond donors (Lipinski definition) is 3. The van der Waals surface area contributed by atoms with Crippen LogP contribution in [0.15, 0.2) is 65.4 Å². The number of carbonyl (C=O) groups is 1. The Balaban J connectivity index is 1.35. The molecule has 0 radical (unpaired) electrons. The number of rotatable bonds is 5. The molecule has 0 saturated carbocycles. The minimum atomic E-state index is -0.309. The molecular weight excluding hydrogens is 470 g/mol. The zero-order valence-corrected chi connectivity index (χ0v) is 19.1. The molecular formula is C24H22BrN5O2. The second-order valence-electron chi connectivity index (χ2n) is 7.61. The third kappa shape index (κ3) is 3.89. The smallest absolute Gasteiger partial charge is 0.323 e. The second-order valence-corrected chi connectivity index (χ2v) is 8.52. The van der Waals surface area contributed by atoms with Crippen molar-refractivity contribution in [2.24, 2.45) is 0 Å². The Labute approximate surface area is 193 Å². The van der Waals surface area contributed by atoms with Gasteiger partial charge in [0, 0.05) is 52.3 Å². The number of methoxy groups -OCH3 is 1. The van der Waals surface area contributed by atoms with Crippen molar-refractivity contribution in [1.82, 2.24) is 9.97 Å². The van der Waals surface area contributed by atoms with Crippen LogP contribution in [-0.2, 0) is 13.0 Å². The fourth-order valence-electron chi connectivity index (χ4n) is 4.20. The first-order valence-corrected chi connectivity index (χ1v) is 11.1. The number of aromatic amines is 1. The number of nitrogens with one attached hydrogen (secondary N) is 3. The number of aromatic nitrogens is 2. The fourth-order valence-corrected chi connectivity index (χ4v) is 4.56. The Hall–Kier alpha value is -3.52. The van der Waals surface area contributed by atoms with E-state index in [1.54, 1.807) is 13.2 Å². The highest BCUT2D eigenvalue weighted by molar-refractivity contribution is 9.10. The maximum Gasteiger partial charge on any atom is 0.323 e. The second kappa shape index (κ2) is 8.55. The van der Waals surface area contributed by atoms with E-state index in [0.29, 0.717) is 11.4 Å². The van der Waals surface area contributed by atoms with Gasteiger partial charge in [-0.05, 0) is 54.4 Å². The Kier molecular flexibility index (Phi) is 5.45. The monoisotopic (exact) mass is 491 g/mol. The van der Waals surface area contributed by atoms with Crippen LogP contribution in [0.5, 0.6) is 5.75 Å². The lowest BCUT2D eigenvalue weighted by Gasteiger charge is -2.20. The van der Waals surface area contributed by atoms with Crippen molar-refractivity contribution in [3.63, 3.8) is 0 Å². The lowest BCUT2D eigenvalue weighted by molar-refractivity contribution is 0.262. The van der Waals surface area contributed by atoms with Gasteiger partial charge >= 0.3 is 6.03 Å². The van der Waals surface area contributed by atoms with Gasteiger partial charge in [-0.1, -0.05) is 22.0 Å². The number of benzene rings is 2. The Morgan fingerprint density at radius 1 is 1.19 bits per heavy atom. The molecule has 2 aromatic heterocycles. The van der Waals surface area contributed by atoms with E-state index in [-0.39, 0.29) is 6.03 Å². The van der Waals surface area contributed by atoms with Crippen molar-refractivity contribution in [3.05, 3.63) is 76.5 Å². The summed E-state index contributed by atoms with van der Waals surface area (Å²) in [5.74, 6) is 0.598. The summed E-state index contributed by atoms with van der Waals surface area (Å²) in [4.78, 5) is 22.6. The van der Waals surface area contributed by atoms with E-state index in [1.807, 2.05) is 36.7 Å². The molecule has 3 N–H and O–H groups in total. The van der Waals surface area contributed by atoms with E-state index in [9.17, 15) is 4.79 Å². The number of amides is 2. The molecule has 0 unspecified atom stereocenters. The van der Waals surface area contributed by atoms with Gasteiger partial charge in [-0.15, -0.1) is 0 Å². The molecule has 3 heterocycles. The number of carbonyl (C=O) groups excluding carboxylic acids is 1. The summed E-state index contributed by atoms with van der Waals surface area (Å²) in [5, 5.41) is 7.03. The average Bonchev–Trinajstić information content (AvgIpc) is 3.42. The number of urea groups is 1. The van der Waals surface area contributed by atoms with E-state index in [0.717, 1.165) is 52.0 Å². The van der Waals surface area contributed by atoms with Crippen molar-refractivity contribution >= 4 is 50.1 Å². The Morgan fingerprint density at radius 3 is 2.94 bits per heavy atom. The zero-order chi connectivity index (χ0) is 22.1. The molecule has 8 heteroatoms. The lowest BCUT2D eigenvalue weighted by Crippen LogP contribution is -2.21. The van der Waals surface area contributed by atoms with E-state index >= 15 is 0 Å². The van der Waals surface area contributed by atoms with Gasteiger partial charge in [0.25, 0.3) is 0 Å². The van der Waals surface area contributed by atoms with E-state index in [1.165, 1.54) is 5.56 Å². The number of anilines is 3.